The summed E-state index contributed by atoms with van der Waals surface area (Å²) in [6.07, 6.45) is 3.56. The molecule has 3 N–H and O–H groups in total. The molecule has 0 spiro atoms. The van der Waals surface area contributed by atoms with Gasteiger partial charge in [0.1, 0.15) is 0 Å². The van der Waals surface area contributed by atoms with E-state index < -0.39 is 0 Å². The zero-order valence-corrected chi connectivity index (χ0v) is 14.2. The quantitative estimate of drug-likeness (QED) is 0.895. The van der Waals surface area contributed by atoms with Gasteiger partial charge < -0.3 is 11.1 Å². The highest BCUT2D eigenvalue weighted by Gasteiger charge is 2.48. The molecule has 3 rings (SSSR count). The highest BCUT2D eigenvalue weighted by atomic mass is 35.5. The Hall–Kier alpha value is -1.06. The molecular formula is C18H27ClN2O. The fourth-order valence-electron chi connectivity index (χ4n) is 4.11. The van der Waals surface area contributed by atoms with E-state index in [-0.39, 0.29) is 30.3 Å². The number of carbonyl (C=O) groups excluding carboxylic acids is 1. The molecule has 0 heterocycles. The second-order valence-electron chi connectivity index (χ2n) is 6.99. The van der Waals surface area contributed by atoms with Gasteiger partial charge in [0, 0.05) is 12.6 Å². The van der Waals surface area contributed by atoms with E-state index in [2.05, 4.69) is 43.4 Å². The number of carbonyl (C=O) groups is 1. The van der Waals surface area contributed by atoms with E-state index in [1.807, 2.05) is 0 Å². The number of nitrogens with one attached hydrogen (secondary N) is 1. The van der Waals surface area contributed by atoms with Gasteiger partial charge in [0.2, 0.25) is 5.91 Å². The zero-order valence-electron chi connectivity index (χ0n) is 13.4. The maximum Gasteiger partial charge on any atom is 0.224 e. The minimum atomic E-state index is 0. The Bertz CT molecular complexity index is 514. The molecule has 22 heavy (non-hydrogen) atoms. The molecule has 5 unspecified atom stereocenters. The van der Waals surface area contributed by atoms with Crippen LogP contribution in [-0.4, -0.2) is 18.5 Å². The van der Waals surface area contributed by atoms with Gasteiger partial charge in [-0.25, -0.2) is 0 Å². The Morgan fingerprint density at radius 1 is 1.27 bits per heavy atom. The SMILES string of the molecule is Cc1ccc(C(C)CNC(=O)C2C3CCC(C3)C2N)cc1.Cl. The summed E-state index contributed by atoms with van der Waals surface area (Å²) in [5.41, 5.74) is 8.78. The van der Waals surface area contributed by atoms with Crippen LogP contribution in [0.5, 0.6) is 0 Å². The van der Waals surface area contributed by atoms with Crippen molar-refractivity contribution in [3.8, 4) is 0 Å². The Morgan fingerprint density at radius 2 is 1.91 bits per heavy atom. The first-order chi connectivity index (χ1) is 10.1. The Kier molecular flexibility index (Phi) is 5.51. The van der Waals surface area contributed by atoms with Crippen molar-refractivity contribution in [1.82, 2.24) is 5.32 Å². The van der Waals surface area contributed by atoms with Crippen LogP contribution in [0, 0.1) is 24.7 Å². The van der Waals surface area contributed by atoms with Crippen molar-refractivity contribution in [2.24, 2.45) is 23.5 Å². The predicted octanol–water partition coefficient (Wildman–Crippen LogP) is 3.01. The first kappa shape index (κ1) is 17.3. The van der Waals surface area contributed by atoms with Gasteiger partial charge in [0.25, 0.3) is 0 Å². The normalized spacial score (nSPS) is 30.7. The highest BCUT2D eigenvalue weighted by Crippen LogP contribution is 2.47. The molecule has 2 aliphatic carbocycles. The van der Waals surface area contributed by atoms with E-state index in [0.29, 0.717) is 24.3 Å². The number of benzene rings is 1. The Morgan fingerprint density at radius 3 is 2.50 bits per heavy atom. The van der Waals surface area contributed by atoms with Gasteiger partial charge in [0.05, 0.1) is 5.92 Å². The van der Waals surface area contributed by atoms with Gasteiger partial charge in [-0.2, -0.15) is 0 Å². The molecule has 0 aromatic heterocycles. The van der Waals surface area contributed by atoms with E-state index >= 15 is 0 Å². The first-order valence-electron chi connectivity index (χ1n) is 8.16. The van der Waals surface area contributed by atoms with Gasteiger partial charge in [0.15, 0.2) is 0 Å². The topological polar surface area (TPSA) is 55.1 Å². The minimum absolute atomic E-state index is 0. The molecular weight excluding hydrogens is 296 g/mol. The molecule has 0 radical (unpaired) electrons. The summed E-state index contributed by atoms with van der Waals surface area (Å²) >= 11 is 0. The Labute approximate surface area is 139 Å². The number of aryl methyl sites for hydroxylation is 1. The Balaban J connectivity index is 0.00000176. The molecule has 5 atom stereocenters. The van der Waals surface area contributed by atoms with E-state index in [1.54, 1.807) is 0 Å². The largest absolute Gasteiger partial charge is 0.355 e. The molecule has 2 bridgehead atoms. The highest BCUT2D eigenvalue weighted by molar-refractivity contribution is 5.85. The summed E-state index contributed by atoms with van der Waals surface area (Å²) in [7, 11) is 0. The molecule has 3 nitrogen and oxygen atoms in total. The molecule has 4 heteroatoms. The summed E-state index contributed by atoms with van der Waals surface area (Å²) in [5.74, 6) is 1.67. The predicted molar refractivity (Wildman–Crippen MR) is 92.1 cm³/mol. The molecule has 1 aromatic rings. The van der Waals surface area contributed by atoms with Gasteiger partial charge in [-0.15, -0.1) is 12.4 Å². The van der Waals surface area contributed by atoms with Crippen LogP contribution in [0.25, 0.3) is 0 Å². The van der Waals surface area contributed by atoms with Gasteiger partial charge >= 0.3 is 0 Å². The van der Waals surface area contributed by atoms with Crippen LogP contribution >= 0.6 is 12.4 Å². The molecule has 1 amide bonds. The average Bonchev–Trinajstić information content (AvgIpc) is 3.06. The number of amides is 1. The van der Waals surface area contributed by atoms with E-state index in [4.69, 9.17) is 5.73 Å². The van der Waals surface area contributed by atoms with Crippen molar-refractivity contribution in [1.29, 1.82) is 0 Å². The molecule has 122 valence electrons. The molecule has 2 saturated carbocycles. The monoisotopic (exact) mass is 322 g/mol. The second kappa shape index (κ2) is 7.01. The minimum Gasteiger partial charge on any atom is -0.355 e. The van der Waals surface area contributed by atoms with Crippen molar-refractivity contribution in [3.63, 3.8) is 0 Å². The summed E-state index contributed by atoms with van der Waals surface area (Å²) in [6.45, 7) is 4.95. The van der Waals surface area contributed by atoms with Crippen LogP contribution in [0.1, 0.15) is 43.2 Å². The second-order valence-corrected chi connectivity index (χ2v) is 6.99. The van der Waals surface area contributed by atoms with Crippen molar-refractivity contribution >= 4 is 18.3 Å². The average molecular weight is 323 g/mol. The molecule has 2 aliphatic rings. The molecule has 0 saturated heterocycles. The number of hydrogen-bond acceptors (Lipinski definition) is 2. The fraction of sp³-hybridized carbons (Fsp3) is 0.611. The number of rotatable bonds is 4. The van der Waals surface area contributed by atoms with Crippen LogP contribution < -0.4 is 11.1 Å². The third-order valence-corrected chi connectivity index (χ3v) is 5.51. The van der Waals surface area contributed by atoms with Crippen LogP contribution in [0.15, 0.2) is 24.3 Å². The van der Waals surface area contributed by atoms with E-state index in [0.717, 1.165) is 6.42 Å². The summed E-state index contributed by atoms with van der Waals surface area (Å²) in [5, 5.41) is 3.13. The van der Waals surface area contributed by atoms with Crippen LogP contribution in [-0.2, 0) is 4.79 Å². The van der Waals surface area contributed by atoms with Crippen LogP contribution in [0.4, 0.5) is 0 Å². The lowest BCUT2D eigenvalue weighted by molar-refractivity contribution is -0.127. The van der Waals surface area contributed by atoms with E-state index in [9.17, 15) is 4.79 Å². The number of hydrogen-bond donors (Lipinski definition) is 2. The van der Waals surface area contributed by atoms with Crippen molar-refractivity contribution in [2.45, 2.75) is 45.1 Å². The number of fused-ring (bicyclic) bond motifs is 2. The summed E-state index contributed by atoms with van der Waals surface area (Å²) in [6, 6.07) is 8.63. The molecule has 1 aromatic carbocycles. The van der Waals surface area contributed by atoms with E-state index in [1.165, 1.54) is 24.0 Å². The lowest BCUT2D eigenvalue weighted by Crippen LogP contribution is -2.45. The van der Waals surface area contributed by atoms with Crippen molar-refractivity contribution in [2.75, 3.05) is 6.54 Å². The maximum atomic E-state index is 12.4. The van der Waals surface area contributed by atoms with Gasteiger partial charge in [-0.3, -0.25) is 4.79 Å². The third kappa shape index (κ3) is 3.31. The number of nitrogens with two attached hydrogens (primary N) is 1. The lowest BCUT2D eigenvalue weighted by atomic mass is 9.84. The smallest absolute Gasteiger partial charge is 0.224 e. The summed E-state index contributed by atoms with van der Waals surface area (Å²) in [4.78, 5) is 12.4. The lowest BCUT2D eigenvalue weighted by Gasteiger charge is -2.27. The molecule has 0 aliphatic heterocycles. The summed E-state index contributed by atoms with van der Waals surface area (Å²) < 4.78 is 0. The number of halogens is 1. The fourth-order valence-corrected chi connectivity index (χ4v) is 4.11. The molecule has 2 fully saturated rings. The van der Waals surface area contributed by atoms with Crippen LogP contribution in [0.3, 0.4) is 0 Å². The maximum absolute atomic E-state index is 12.4. The standard InChI is InChI=1S/C18H26N2O.ClH/c1-11-3-5-13(6-4-11)12(2)10-20-18(21)16-14-7-8-15(9-14)17(16)19;/h3-6,12,14-17H,7-10,19H2,1-2H3,(H,20,21);1H. The van der Waals surface area contributed by atoms with Crippen LogP contribution in [0.2, 0.25) is 0 Å². The van der Waals surface area contributed by atoms with Gasteiger partial charge in [-0.05, 0) is 49.5 Å². The third-order valence-electron chi connectivity index (χ3n) is 5.51. The zero-order chi connectivity index (χ0) is 15.0. The first-order valence-corrected chi connectivity index (χ1v) is 8.16. The van der Waals surface area contributed by atoms with Crippen molar-refractivity contribution in [3.05, 3.63) is 35.4 Å². The van der Waals surface area contributed by atoms with Gasteiger partial charge in [-0.1, -0.05) is 36.8 Å². The van der Waals surface area contributed by atoms with Crippen molar-refractivity contribution < 1.29 is 4.79 Å².